The molecular formula is C14H21N3O2. The molecule has 5 nitrogen and oxygen atoms in total. The predicted octanol–water partition coefficient (Wildman–Crippen LogP) is 0.970. The number of nitrogens with one attached hydrogen (secondary N) is 2. The van der Waals surface area contributed by atoms with Gasteiger partial charge in [0.1, 0.15) is 0 Å². The summed E-state index contributed by atoms with van der Waals surface area (Å²) in [5.74, 6) is -0.0516. The van der Waals surface area contributed by atoms with Crippen LogP contribution in [0.1, 0.15) is 29.6 Å². The van der Waals surface area contributed by atoms with E-state index in [4.69, 9.17) is 4.74 Å². The van der Waals surface area contributed by atoms with E-state index in [0.717, 1.165) is 32.4 Å². The fourth-order valence-corrected chi connectivity index (χ4v) is 2.09. The molecule has 5 heteroatoms. The third-order valence-electron chi connectivity index (χ3n) is 3.19. The van der Waals surface area contributed by atoms with Gasteiger partial charge in [-0.25, -0.2) is 0 Å². The van der Waals surface area contributed by atoms with Crippen LogP contribution in [0.5, 0.6) is 0 Å². The van der Waals surface area contributed by atoms with Gasteiger partial charge in [0.15, 0.2) is 0 Å². The number of rotatable bonds is 6. The lowest BCUT2D eigenvalue weighted by atomic mass is 10.1. The molecule has 1 saturated heterocycles. The Kier molecular flexibility index (Phi) is 5.78. The molecule has 0 aromatic carbocycles. The summed E-state index contributed by atoms with van der Waals surface area (Å²) in [5, 5.41) is 6.18. The molecule has 0 spiro atoms. The maximum absolute atomic E-state index is 11.7. The average Bonchev–Trinajstić information content (AvgIpc) is 2.49. The first kappa shape index (κ1) is 14.0. The zero-order valence-corrected chi connectivity index (χ0v) is 11.1. The van der Waals surface area contributed by atoms with Gasteiger partial charge >= 0.3 is 0 Å². The molecule has 1 aromatic rings. The lowest BCUT2D eigenvalue weighted by Gasteiger charge is -2.22. The van der Waals surface area contributed by atoms with Gasteiger partial charge in [-0.3, -0.25) is 9.78 Å². The Morgan fingerprint density at radius 2 is 2.11 bits per heavy atom. The summed E-state index contributed by atoms with van der Waals surface area (Å²) in [6, 6.07) is 3.42. The zero-order valence-electron chi connectivity index (χ0n) is 11.1. The van der Waals surface area contributed by atoms with E-state index in [1.54, 1.807) is 24.5 Å². The Bertz CT molecular complexity index is 378. The van der Waals surface area contributed by atoms with Gasteiger partial charge in [-0.1, -0.05) is 0 Å². The Balaban J connectivity index is 1.55. The third-order valence-corrected chi connectivity index (χ3v) is 3.19. The summed E-state index contributed by atoms with van der Waals surface area (Å²) >= 11 is 0. The minimum absolute atomic E-state index is 0.0516. The number of ether oxygens (including phenoxy) is 1. The van der Waals surface area contributed by atoms with Crippen molar-refractivity contribution in [3.8, 4) is 0 Å². The summed E-state index contributed by atoms with van der Waals surface area (Å²) in [7, 11) is 0. The molecule has 19 heavy (non-hydrogen) atoms. The molecule has 0 atom stereocenters. The van der Waals surface area contributed by atoms with Crippen LogP contribution in [-0.2, 0) is 4.74 Å². The van der Waals surface area contributed by atoms with Crippen LogP contribution in [0.25, 0.3) is 0 Å². The molecular weight excluding hydrogens is 242 g/mol. The van der Waals surface area contributed by atoms with E-state index in [1.165, 1.54) is 0 Å². The summed E-state index contributed by atoms with van der Waals surface area (Å²) in [6.45, 7) is 3.44. The van der Waals surface area contributed by atoms with Crippen molar-refractivity contribution in [2.24, 2.45) is 0 Å². The first-order valence-electron chi connectivity index (χ1n) is 6.87. The van der Waals surface area contributed by atoms with Crippen LogP contribution in [0.4, 0.5) is 0 Å². The minimum Gasteiger partial charge on any atom is -0.378 e. The highest BCUT2D eigenvalue weighted by atomic mass is 16.5. The number of nitrogens with zero attached hydrogens (tertiary/aromatic N) is 1. The SMILES string of the molecule is O=C(NCCCOC1CCNCC1)c1ccncc1. The predicted molar refractivity (Wildman–Crippen MR) is 73.0 cm³/mol. The van der Waals surface area contributed by atoms with Gasteiger partial charge < -0.3 is 15.4 Å². The van der Waals surface area contributed by atoms with Crippen molar-refractivity contribution in [1.29, 1.82) is 0 Å². The van der Waals surface area contributed by atoms with Crippen molar-refractivity contribution in [2.45, 2.75) is 25.4 Å². The van der Waals surface area contributed by atoms with Gasteiger partial charge in [-0.05, 0) is 44.5 Å². The van der Waals surface area contributed by atoms with Crippen molar-refractivity contribution >= 4 is 5.91 Å². The Morgan fingerprint density at radius 3 is 2.84 bits per heavy atom. The second kappa shape index (κ2) is 7.86. The maximum Gasteiger partial charge on any atom is 0.251 e. The number of hydrogen-bond acceptors (Lipinski definition) is 4. The van der Waals surface area contributed by atoms with Gasteiger partial charge in [0.05, 0.1) is 6.10 Å². The third kappa shape index (κ3) is 4.96. The second-order valence-electron chi connectivity index (χ2n) is 4.67. The molecule has 1 aliphatic rings. The topological polar surface area (TPSA) is 63.2 Å². The fraction of sp³-hybridized carbons (Fsp3) is 0.571. The Morgan fingerprint density at radius 1 is 1.37 bits per heavy atom. The molecule has 1 aliphatic heterocycles. The van der Waals surface area contributed by atoms with E-state index >= 15 is 0 Å². The smallest absolute Gasteiger partial charge is 0.251 e. The van der Waals surface area contributed by atoms with E-state index in [-0.39, 0.29) is 5.91 Å². The standard InChI is InChI=1S/C14H21N3O2/c18-14(12-2-7-15-8-3-12)17-6-1-11-19-13-4-9-16-10-5-13/h2-3,7-8,13,16H,1,4-6,9-11H2,(H,17,18). The number of carbonyl (C=O) groups is 1. The largest absolute Gasteiger partial charge is 0.378 e. The van der Waals surface area contributed by atoms with Crippen LogP contribution >= 0.6 is 0 Å². The summed E-state index contributed by atoms with van der Waals surface area (Å²) < 4.78 is 5.77. The highest BCUT2D eigenvalue weighted by Crippen LogP contribution is 2.07. The summed E-state index contributed by atoms with van der Waals surface area (Å²) in [6.07, 6.45) is 6.65. The maximum atomic E-state index is 11.7. The quantitative estimate of drug-likeness (QED) is 0.751. The van der Waals surface area contributed by atoms with Crippen molar-refractivity contribution in [3.63, 3.8) is 0 Å². The van der Waals surface area contributed by atoms with Gasteiger partial charge in [-0.2, -0.15) is 0 Å². The highest BCUT2D eigenvalue weighted by Gasteiger charge is 2.12. The molecule has 0 bridgehead atoms. The lowest BCUT2D eigenvalue weighted by Crippen LogP contribution is -2.33. The molecule has 2 N–H and O–H groups in total. The molecule has 0 radical (unpaired) electrons. The van der Waals surface area contributed by atoms with Crippen LogP contribution in [0, 0.1) is 0 Å². The molecule has 0 saturated carbocycles. The van der Waals surface area contributed by atoms with Crippen LogP contribution < -0.4 is 10.6 Å². The van der Waals surface area contributed by atoms with Crippen molar-refractivity contribution in [1.82, 2.24) is 15.6 Å². The molecule has 0 unspecified atom stereocenters. The lowest BCUT2D eigenvalue weighted by molar-refractivity contribution is 0.0318. The number of aromatic nitrogens is 1. The molecule has 104 valence electrons. The number of hydrogen-bond donors (Lipinski definition) is 2. The van der Waals surface area contributed by atoms with Gasteiger partial charge in [0.25, 0.3) is 5.91 Å². The number of carbonyl (C=O) groups excluding carboxylic acids is 1. The molecule has 1 fully saturated rings. The number of amides is 1. The minimum atomic E-state index is -0.0516. The van der Waals surface area contributed by atoms with E-state index in [2.05, 4.69) is 15.6 Å². The van der Waals surface area contributed by atoms with Crippen molar-refractivity contribution < 1.29 is 9.53 Å². The Hall–Kier alpha value is -1.46. The van der Waals surface area contributed by atoms with Gasteiger partial charge in [0, 0.05) is 31.1 Å². The molecule has 1 amide bonds. The zero-order chi connectivity index (χ0) is 13.3. The van der Waals surface area contributed by atoms with Crippen LogP contribution in [0.2, 0.25) is 0 Å². The average molecular weight is 263 g/mol. The fourth-order valence-electron chi connectivity index (χ4n) is 2.09. The molecule has 0 aliphatic carbocycles. The first-order chi connectivity index (χ1) is 9.36. The highest BCUT2D eigenvalue weighted by molar-refractivity contribution is 5.93. The van der Waals surface area contributed by atoms with E-state index in [0.29, 0.717) is 24.8 Å². The van der Waals surface area contributed by atoms with E-state index < -0.39 is 0 Å². The number of piperidine rings is 1. The number of pyridine rings is 1. The van der Waals surface area contributed by atoms with Gasteiger partial charge in [0.2, 0.25) is 0 Å². The Labute approximate surface area is 113 Å². The summed E-state index contributed by atoms with van der Waals surface area (Å²) in [4.78, 5) is 15.6. The molecule has 1 aromatic heterocycles. The van der Waals surface area contributed by atoms with Crippen LogP contribution in [-0.4, -0.2) is 43.2 Å². The molecule has 2 rings (SSSR count). The first-order valence-corrected chi connectivity index (χ1v) is 6.87. The normalized spacial score (nSPS) is 16.2. The van der Waals surface area contributed by atoms with Crippen LogP contribution in [0.15, 0.2) is 24.5 Å². The van der Waals surface area contributed by atoms with Gasteiger partial charge in [-0.15, -0.1) is 0 Å². The van der Waals surface area contributed by atoms with Crippen molar-refractivity contribution in [3.05, 3.63) is 30.1 Å². The van der Waals surface area contributed by atoms with E-state index in [9.17, 15) is 4.79 Å². The van der Waals surface area contributed by atoms with Crippen LogP contribution in [0.3, 0.4) is 0 Å². The van der Waals surface area contributed by atoms with Crippen molar-refractivity contribution in [2.75, 3.05) is 26.2 Å². The monoisotopic (exact) mass is 263 g/mol. The summed E-state index contributed by atoms with van der Waals surface area (Å²) in [5.41, 5.74) is 0.647. The molecule has 2 heterocycles. The second-order valence-corrected chi connectivity index (χ2v) is 4.67. The van der Waals surface area contributed by atoms with E-state index in [1.807, 2.05) is 0 Å².